The predicted octanol–water partition coefficient (Wildman–Crippen LogP) is 2.58. The summed E-state index contributed by atoms with van der Waals surface area (Å²) in [7, 11) is 0. The van der Waals surface area contributed by atoms with Gasteiger partial charge >= 0.3 is 5.97 Å². The topological polar surface area (TPSA) is 94.2 Å². The van der Waals surface area contributed by atoms with Crippen LogP contribution in [0.15, 0.2) is 34.9 Å². The Bertz CT molecular complexity index is 846. The first kappa shape index (κ1) is 20.2. The summed E-state index contributed by atoms with van der Waals surface area (Å²) in [6.45, 7) is 7.58. The zero-order valence-corrected chi connectivity index (χ0v) is 16.5. The number of anilines is 1. The van der Waals surface area contributed by atoms with Gasteiger partial charge in [0.2, 0.25) is 5.91 Å². The molecule has 0 unspecified atom stereocenters. The van der Waals surface area contributed by atoms with Crippen molar-refractivity contribution in [2.45, 2.75) is 39.3 Å². The molecule has 3 rings (SSSR count). The zero-order valence-electron chi connectivity index (χ0n) is 16.5. The normalized spacial score (nSPS) is 19.8. The molecule has 0 spiro atoms. The number of carboxylic acids is 1. The van der Waals surface area contributed by atoms with Crippen molar-refractivity contribution in [1.29, 1.82) is 0 Å². The van der Waals surface area contributed by atoms with Crippen molar-refractivity contribution in [3.8, 4) is 0 Å². The summed E-state index contributed by atoms with van der Waals surface area (Å²) in [4.78, 5) is 28.2. The van der Waals surface area contributed by atoms with E-state index in [1.54, 1.807) is 11.2 Å². The molecule has 7 nitrogen and oxygen atoms in total. The number of aliphatic hydroxyl groups excluding tert-OH is 1. The van der Waals surface area contributed by atoms with E-state index in [0.29, 0.717) is 26.1 Å². The maximum atomic E-state index is 13.0. The fraction of sp³-hybridized carbons (Fsp3) is 0.524. The number of aliphatic carboxylic acids is 1. The molecule has 1 saturated heterocycles. The molecule has 2 heterocycles. The van der Waals surface area contributed by atoms with Crippen LogP contribution in [0.5, 0.6) is 0 Å². The number of hydrogen-bond donors (Lipinski definition) is 2. The van der Waals surface area contributed by atoms with Gasteiger partial charge in [-0.05, 0) is 43.5 Å². The van der Waals surface area contributed by atoms with E-state index in [1.807, 2.05) is 39.0 Å². The standard InChI is InChI=1S/C21H28N2O5/c1-13(2)10-17(19(24)21(26)27)20(25)23-8-7-22(12-14(23)3)16-4-5-18-15(11-16)6-9-28-18/h4-6,9,11,13-14,17,19,24H,7-8,10,12H2,1-3H3,(H,26,27)/t14-,17+,19+/m1/s1. The number of amides is 1. The first-order valence-electron chi connectivity index (χ1n) is 9.71. The number of furan rings is 1. The van der Waals surface area contributed by atoms with E-state index in [-0.39, 0.29) is 17.9 Å². The lowest BCUT2D eigenvalue weighted by molar-refractivity contribution is -0.158. The zero-order chi connectivity index (χ0) is 20.4. The maximum Gasteiger partial charge on any atom is 0.333 e. The molecule has 0 bridgehead atoms. The minimum absolute atomic E-state index is 0.0862. The van der Waals surface area contributed by atoms with E-state index in [1.165, 1.54) is 0 Å². The fourth-order valence-corrected chi connectivity index (χ4v) is 3.93. The highest BCUT2D eigenvalue weighted by Crippen LogP contribution is 2.27. The molecule has 7 heteroatoms. The number of fused-ring (bicyclic) bond motifs is 1. The Morgan fingerprint density at radius 3 is 2.64 bits per heavy atom. The van der Waals surface area contributed by atoms with Crippen LogP contribution >= 0.6 is 0 Å². The van der Waals surface area contributed by atoms with Gasteiger partial charge in [-0.15, -0.1) is 0 Å². The Morgan fingerprint density at radius 1 is 1.25 bits per heavy atom. The lowest BCUT2D eigenvalue weighted by Gasteiger charge is -2.42. The van der Waals surface area contributed by atoms with Crippen molar-refractivity contribution < 1.29 is 24.2 Å². The first-order chi connectivity index (χ1) is 13.3. The van der Waals surface area contributed by atoms with Crippen LogP contribution in [0.2, 0.25) is 0 Å². The van der Waals surface area contributed by atoms with Gasteiger partial charge in [-0.3, -0.25) is 4.79 Å². The summed E-state index contributed by atoms with van der Waals surface area (Å²) in [6.07, 6.45) is 0.329. The molecule has 2 aromatic rings. The third-order valence-electron chi connectivity index (χ3n) is 5.39. The van der Waals surface area contributed by atoms with Gasteiger partial charge in [0.25, 0.3) is 0 Å². The van der Waals surface area contributed by atoms with Crippen LogP contribution in [0.25, 0.3) is 11.0 Å². The SMILES string of the molecule is CC(C)C[C@H](C(=O)N1CCN(c2ccc3occc3c2)C[C@H]1C)[C@H](O)C(=O)O. The third-order valence-corrected chi connectivity index (χ3v) is 5.39. The second-order valence-electron chi connectivity index (χ2n) is 7.99. The van der Waals surface area contributed by atoms with Gasteiger partial charge in [0, 0.05) is 36.7 Å². The molecule has 0 saturated carbocycles. The molecular formula is C21H28N2O5. The summed E-state index contributed by atoms with van der Waals surface area (Å²) in [5.41, 5.74) is 1.90. The van der Waals surface area contributed by atoms with Crippen LogP contribution in [0.1, 0.15) is 27.2 Å². The molecule has 0 radical (unpaired) electrons. The van der Waals surface area contributed by atoms with E-state index in [2.05, 4.69) is 11.0 Å². The van der Waals surface area contributed by atoms with Gasteiger partial charge in [0.15, 0.2) is 6.10 Å². The van der Waals surface area contributed by atoms with Crippen LogP contribution in [0.4, 0.5) is 5.69 Å². The number of nitrogens with zero attached hydrogens (tertiary/aromatic N) is 2. The molecular weight excluding hydrogens is 360 g/mol. The summed E-state index contributed by atoms with van der Waals surface area (Å²) in [6, 6.07) is 7.85. The molecule has 1 aromatic heterocycles. The monoisotopic (exact) mass is 388 g/mol. The van der Waals surface area contributed by atoms with Crippen molar-refractivity contribution in [2.24, 2.45) is 11.8 Å². The summed E-state index contributed by atoms with van der Waals surface area (Å²) >= 11 is 0. The Hall–Kier alpha value is -2.54. The minimum atomic E-state index is -1.68. The van der Waals surface area contributed by atoms with E-state index >= 15 is 0 Å². The Kier molecular flexibility index (Phi) is 5.93. The fourth-order valence-electron chi connectivity index (χ4n) is 3.93. The number of carbonyl (C=O) groups is 2. The van der Waals surface area contributed by atoms with Crippen molar-refractivity contribution in [2.75, 3.05) is 24.5 Å². The lowest BCUT2D eigenvalue weighted by Crippen LogP contribution is -2.57. The van der Waals surface area contributed by atoms with E-state index in [0.717, 1.165) is 16.7 Å². The highest BCUT2D eigenvalue weighted by Gasteiger charge is 2.38. The quantitative estimate of drug-likeness (QED) is 0.790. The molecule has 28 heavy (non-hydrogen) atoms. The van der Waals surface area contributed by atoms with Crippen LogP contribution in [-0.4, -0.2) is 58.8 Å². The number of rotatable bonds is 6. The lowest BCUT2D eigenvalue weighted by atomic mass is 9.90. The van der Waals surface area contributed by atoms with Gasteiger partial charge in [0.1, 0.15) is 5.58 Å². The van der Waals surface area contributed by atoms with Crippen LogP contribution in [-0.2, 0) is 9.59 Å². The Labute approximate surface area is 164 Å². The van der Waals surface area contributed by atoms with Crippen molar-refractivity contribution in [1.82, 2.24) is 4.90 Å². The summed E-state index contributed by atoms with van der Waals surface area (Å²) < 4.78 is 5.39. The molecule has 1 amide bonds. The van der Waals surface area contributed by atoms with E-state index < -0.39 is 18.0 Å². The van der Waals surface area contributed by atoms with E-state index in [9.17, 15) is 19.8 Å². The minimum Gasteiger partial charge on any atom is -0.479 e. The van der Waals surface area contributed by atoms with Gasteiger partial charge in [-0.2, -0.15) is 0 Å². The van der Waals surface area contributed by atoms with Gasteiger partial charge < -0.3 is 24.4 Å². The second-order valence-corrected chi connectivity index (χ2v) is 7.99. The highest BCUT2D eigenvalue weighted by molar-refractivity contribution is 5.86. The Balaban J connectivity index is 1.72. The van der Waals surface area contributed by atoms with Gasteiger partial charge in [0.05, 0.1) is 12.2 Å². The van der Waals surface area contributed by atoms with Gasteiger partial charge in [-0.1, -0.05) is 13.8 Å². The van der Waals surface area contributed by atoms with Crippen LogP contribution in [0, 0.1) is 11.8 Å². The third kappa shape index (κ3) is 4.14. The molecule has 0 aliphatic carbocycles. The van der Waals surface area contributed by atoms with E-state index in [4.69, 9.17) is 4.42 Å². The molecule has 2 N–H and O–H groups in total. The Morgan fingerprint density at radius 2 is 2.00 bits per heavy atom. The molecule has 1 fully saturated rings. The molecule has 1 aliphatic rings. The summed E-state index contributed by atoms with van der Waals surface area (Å²) in [5, 5.41) is 20.3. The predicted molar refractivity (Wildman–Crippen MR) is 106 cm³/mol. The second kappa shape index (κ2) is 8.22. The molecule has 1 aliphatic heterocycles. The number of aliphatic hydroxyl groups is 1. The maximum absolute atomic E-state index is 13.0. The van der Waals surface area contributed by atoms with Crippen molar-refractivity contribution in [3.63, 3.8) is 0 Å². The number of piperazine rings is 1. The van der Waals surface area contributed by atoms with Crippen LogP contribution < -0.4 is 4.90 Å². The smallest absolute Gasteiger partial charge is 0.333 e. The molecule has 3 atom stereocenters. The first-order valence-corrected chi connectivity index (χ1v) is 9.71. The van der Waals surface area contributed by atoms with Crippen LogP contribution in [0.3, 0.4) is 0 Å². The molecule has 152 valence electrons. The van der Waals surface area contributed by atoms with Crippen molar-refractivity contribution in [3.05, 3.63) is 30.5 Å². The van der Waals surface area contributed by atoms with Crippen molar-refractivity contribution >= 4 is 28.5 Å². The molecule has 1 aromatic carbocycles. The number of carboxylic acid groups (broad SMARTS) is 1. The summed E-state index contributed by atoms with van der Waals surface area (Å²) in [5.74, 6) is -2.44. The number of hydrogen-bond acceptors (Lipinski definition) is 5. The number of benzene rings is 1. The highest BCUT2D eigenvalue weighted by atomic mass is 16.4. The number of carbonyl (C=O) groups excluding carboxylic acids is 1. The van der Waals surface area contributed by atoms with Gasteiger partial charge in [-0.25, -0.2) is 4.79 Å². The largest absolute Gasteiger partial charge is 0.479 e. The average molecular weight is 388 g/mol. The average Bonchev–Trinajstić information content (AvgIpc) is 3.12.